The van der Waals surface area contributed by atoms with Gasteiger partial charge in [0, 0.05) is 17.5 Å². The lowest BCUT2D eigenvalue weighted by Crippen LogP contribution is -2.21. The predicted molar refractivity (Wildman–Crippen MR) is 88.7 cm³/mol. The zero-order valence-electron chi connectivity index (χ0n) is 13.3. The van der Waals surface area contributed by atoms with Gasteiger partial charge < -0.3 is 10.1 Å². The van der Waals surface area contributed by atoms with Gasteiger partial charge >= 0.3 is 5.97 Å². The summed E-state index contributed by atoms with van der Waals surface area (Å²) in [4.78, 5) is 24.2. The van der Waals surface area contributed by atoms with E-state index in [1.165, 1.54) is 12.1 Å². The number of benzene rings is 2. The lowest BCUT2D eigenvalue weighted by Gasteiger charge is -2.09. The molecule has 8 heteroatoms. The summed E-state index contributed by atoms with van der Waals surface area (Å²) >= 11 is 0. The van der Waals surface area contributed by atoms with Crippen molar-refractivity contribution in [2.24, 2.45) is 0 Å². The van der Waals surface area contributed by atoms with Crippen molar-refractivity contribution in [2.45, 2.75) is 11.8 Å². The molecule has 2 aromatic carbocycles. The lowest BCUT2D eigenvalue weighted by molar-refractivity contribution is -0.119. The number of rotatable bonds is 6. The fourth-order valence-corrected chi connectivity index (χ4v) is 2.91. The number of halogens is 2. The molecular weight excluding hydrogens is 352 g/mol. The van der Waals surface area contributed by atoms with Crippen molar-refractivity contribution in [1.29, 1.82) is 0 Å². The first-order valence-corrected chi connectivity index (χ1v) is 8.63. The minimum Gasteiger partial charge on any atom is -0.452 e. The van der Waals surface area contributed by atoms with Crippen LogP contribution < -0.4 is 5.32 Å². The standard InChI is InChI=1S/C17H15F2NO4S/c1-2-25(23)15-6-4-3-5-12(15)17(22)24-10-16(21)20-11-7-8-13(18)14(19)9-11/h3-9H,2,10H2,1H3,(H,20,21)/t25-/m0/s1. The average Bonchev–Trinajstić information content (AvgIpc) is 2.62. The van der Waals surface area contributed by atoms with Crippen molar-refractivity contribution in [3.8, 4) is 0 Å². The second-order valence-corrected chi connectivity index (χ2v) is 6.59. The molecule has 0 fully saturated rings. The SMILES string of the molecule is CC[S@](=O)c1ccccc1C(=O)OCC(=O)Nc1ccc(F)c(F)c1. The Morgan fingerprint density at radius 1 is 1.12 bits per heavy atom. The third-order valence-corrected chi connectivity index (χ3v) is 4.52. The van der Waals surface area contributed by atoms with Crippen LogP contribution in [0.3, 0.4) is 0 Å². The topological polar surface area (TPSA) is 72.5 Å². The van der Waals surface area contributed by atoms with E-state index in [4.69, 9.17) is 4.74 Å². The summed E-state index contributed by atoms with van der Waals surface area (Å²) in [7, 11) is -1.35. The molecule has 2 rings (SSSR count). The molecule has 0 aliphatic rings. The highest BCUT2D eigenvalue weighted by Gasteiger charge is 2.17. The quantitative estimate of drug-likeness (QED) is 0.797. The van der Waals surface area contributed by atoms with E-state index in [0.29, 0.717) is 10.6 Å². The summed E-state index contributed by atoms with van der Waals surface area (Å²) < 4.78 is 42.7. The van der Waals surface area contributed by atoms with Gasteiger partial charge in [0.15, 0.2) is 18.2 Å². The van der Waals surface area contributed by atoms with Crippen LogP contribution in [0.15, 0.2) is 47.4 Å². The fraction of sp³-hybridized carbons (Fsp3) is 0.176. The summed E-state index contributed by atoms with van der Waals surface area (Å²) in [5, 5.41) is 2.28. The Balaban J connectivity index is 1.99. The number of esters is 1. The van der Waals surface area contributed by atoms with E-state index >= 15 is 0 Å². The number of anilines is 1. The maximum Gasteiger partial charge on any atom is 0.339 e. The highest BCUT2D eigenvalue weighted by atomic mass is 32.2. The second-order valence-electron chi connectivity index (χ2n) is 4.88. The summed E-state index contributed by atoms with van der Waals surface area (Å²) in [6, 6.07) is 9.11. The van der Waals surface area contributed by atoms with Gasteiger partial charge in [-0.05, 0) is 24.3 Å². The van der Waals surface area contributed by atoms with E-state index in [9.17, 15) is 22.6 Å². The minimum atomic E-state index is -1.35. The molecule has 132 valence electrons. The summed E-state index contributed by atoms with van der Waals surface area (Å²) in [5.41, 5.74) is 0.149. The van der Waals surface area contributed by atoms with Crippen LogP contribution in [0, 0.1) is 11.6 Å². The molecule has 0 bridgehead atoms. The number of nitrogens with one attached hydrogen (secondary N) is 1. The molecule has 0 spiro atoms. The van der Waals surface area contributed by atoms with Crippen LogP contribution in [0.4, 0.5) is 14.5 Å². The van der Waals surface area contributed by atoms with Crippen LogP contribution in [-0.4, -0.2) is 28.4 Å². The molecule has 0 aromatic heterocycles. The van der Waals surface area contributed by atoms with Crippen LogP contribution in [0.25, 0.3) is 0 Å². The number of hydrogen-bond acceptors (Lipinski definition) is 4. The summed E-state index contributed by atoms with van der Waals surface area (Å²) in [6.45, 7) is 1.10. The maximum atomic E-state index is 13.1. The van der Waals surface area contributed by atoms with Gasteiger partial charge in [-0.2, -0.15) is 0 Å². The summed E-state index contributed by atoms with van der Waals surface area (Å²) in [5.74, 6) is -3.32. The number of ether oxygens (including phenoxy) is 1. The van der Waals surface area contributed by atoms with Gasteiger partial charge in [-0.3, -0.25) is 9.00 Å². The van der Waals surface area contributed by atoms with Gasteiger partial charge in [0.05, 0.1) is 21.3 Å². The number of carbonyl (C=O) groups excluding carboxylic acids is 2. The molecule has 5 nitrogen and oxygen atoms in total. The van der Waals surface area contributed by atoms with Crippen molar-refractivity contribution < 1.29 is 27.3 Å². The van der Waals surface area contributed by atoms with E-state index in [-0.39, 0.29) is 11.3 Å². The van der Waals surface area contributed by atoms with Crippen molar-refractivity contribution in [3.63, 3.8) is 0 Å². The molecule has 1 atom stereocenters. The third kappa shape index (κ3) is 4.93. The minimum absolute atomic E-state index is 0.0347. The second kappa shape index (κ2) is 8.48. The van der Waals surface area contributed by atoms with Crippen LogP contribution >= 0.6 is 0 Å². The maximum absolute atomic E-state index is 13.1. The van der Waals surface area contributed by atoms with Crippen molar-refractivity contribution in [3.05, 3.63) is 59.7 Å². The van der Waals surface area contributed by atoms with E-state index in [0.717, 1.165) is 12.1 Å². The molecular formula is C17H15F2NO4S. The van der Waals surface area contributed by atoms with Gasteiger partial charge in [0.2, 0.25) is 0 Å². The zero-order chi connectivity index (χ0) is 18.4. The highest BCUT2D eigenvalue weighted by Crippen LogP contribution is 2.16. The molecule has 0 radical (unpaired) electrons. The first-order chi connectivity index (χ1) is 11.9. The predicted octanol–water partition coefficient (Wildman–Crippen LogP) is 2.89. The van der Waals surface area contributed by atoms with Crippen molar-refractivity contribution >= 4 is 28.4 Å². The molecule has 0 aliphatic carbocycles. The smallest absolute Gasteiger partial charge is 0.339 e. The Morgan fingerprint density at radius 2 is 1.84 bits per heavy atom. The van der Waals surface area contributed by atoms with E-state index in [1.807, 2.05) is 0 Å². The molecule has 25 heavy (non-hydrogen) atoms. The molecule has 1 amide bonds. The first-order valence-electron chi connectivity index (χ1n) is 7.31. The molecule has 0 aliphatic heterocycles. The van der Waals surface area contributed by atoms with E-state index in [1.54, 1.807) is 25.1 Å². The molecule has 0 saturated carbocycles. The van der Waals surface area contributed by atoms with Crippen molar-refractivity contribution in [2.75, 3.05) is 17.7 Å². The Bertz CT molecular complexity index is 826. The Morgan fingerprint density at radius 3 is 2.52 bits per heavy atom. The Hall–Kier alpha value is -2.61. The highest BCUT2D eigenvalue weighted by molar-refractivity contribution is 7.85. The van der Waals surface area contributed by atoms with Crippen LogP contribution in [0.5, 0.6) is 0 Å². The molecule has 1 N–H and O–H groups in total. The third-order valence-electron chi connectivity index (χ3n) is 3.15. The monoisotopic (exact) mass is 367 g/mol. The van der Waals surface area contributed by atoms with Gasteiger partial charge in [-0.15, -0.1) is 0 Å². The Labute approximate surface area is 145 Å². The number of hydrogen-bond donors (Lipinski definition) is 1. The van der Waals surface area contributed by atoms with Crippen LogP contribution in [0.1, 0.15) is 17.3 Å². The zero-order valence-corrected chi connectivity index (χ0v) is 14.1. The lowest BCUT2D eigenvalue weighted by atomic mass is 10.2. The Kier molecular flexibility index (Phi) is 6.35. The normalized spacial score (nSPS) is 11.6. The van der Waals surface area contributed by atoms with Crippen LogP contribution in [0.2, 0.25) is 0 Å². The average molecular weight is 367 g/mol. The molecule has 0 saturated heterocycles. The van der Waals surface area contributed by atoms with E-state index in [2.05, 4.69) is 5.32 Å². The van der Waals surface area contributed by atoms with E-state index < -0.39 is 40.9 Å². The molecule has 2 aromatic rings. The van der Waals surface area contributed by atoms with Gasteiger partial charge in [0.25, 0.3) is 5.91 Å². The van der Waals surface area contributed by atoms with Crippen molar-refractivity contribution in [1.82, 2.24) is 0 Å². The first kappa shape index (κ1) is 18.7. The molecule has 0 unspecified atom stereocenters. The van der Waals surface area contributed by atoms with Gasteiger partial charge in [-0.1, -0.05) is 19.1 Å². The fourth-order valence-electron chi connectivity index (χ4n) is 1.97. The largest absolute Gasteiger partial charge is 0.452 e. The molecule has 0 heterocycles. The number of amides is 1. The van der Waals surface area contributed by atoms with Gasteiger partial charge in [-0.25, -0.2) is 13.6 Å². The van der Waals surface area contributed by atoms with Crippen LogP contribution in [-0.2, 0) is 20.3 Å². The van der Waals surface area contributed by atoms with Gasteiger partial charge in [0.1, 0.15) is 0 Å². The number of carbonyl (C=O) groups is 2. The summed E-state index contributed by atoms with van der Waals surface area (Å²) in [6.07, 6.45) is 0.